The Morgan fingerprint density at radius 3 is 1.00 bits per heavy atom. The number of rotatable bonds is 31. The number of carboxylic acid groups (broad SMARTS) is 2. The first-order valence-electron chi connectivity index (χ1n) is 17.9. The maximum absolute atomic E-state index is 10.4. The Balaban J connectivity index is 0. The number of hydrogen-bond donors (Lipinski definition) is 2. The fourth-order valence-corrected chi connectivity index (χ4v) is 4.83. The van der Waals surface area contributed by atoms with Crippen molar-refractivity contribution in [2.24, 2.45) is 0 Å². The molecule has 0 amide bonds. The highest BCUT2D eigenvalue weighted by Gasteiger charge is 1.97. The van der Waals surface area contributed by atoms with Crippen molar-refractivity contribution in [3.63, 3.8) is 0 Å². The number of aliphatic carboxylic acids is 2. The van der Waals surface area contributed by atoms with Gasteiger partial charge in [0.2, 0.25) is 0 Å². The Kier molecular flexibility index (Phi) is 39.4. The Morgan fingerprint density at radius 2 is 0.643 bits per heavy atom. The van der Waals surface area contributed by atoms with Crippen LogP contribution in [0.1, 0.15) is 194 Å². The zero-order chi connectivity index (χ0) is 31.2. The van der Waals surface area contributed by atoms with Gasteiger partial charge in [0.25, 0.3) is 0 Å². The van der Waals surface area contributed by atoms with Gasteiger partial charge in [-0.25, -0.2) is 0 Å². The first-order valence-corrected chi connectivity index (χ1v) is 17.9. The molecule has 0 bridgehead atoms. The average molecular weight is 591 g/mol. The molecular formula is C38H70O4. The lowest BCUT2D eigenvalue weighted by Crippen LogP contribution is -1.93. The van der Waals surface area contributed by atoms with Crippen LogP contribution in [-0.2, 0) is 9.59 Å². The maximum atomic E-state index is 10.4. The van der Waals surface area contributed by atoms with E-state index in [9.17, 15) is 9.59 Å². The standard InChI is InChI=1S/C20H40O2.C18H30O2/c1-2-3-4-5-6-7-8-9-10-11-12-13-14-15-16-17-18-19-20(21)22;1-2-3-4-5-6-7-8-9-10-11-12-13-14-15-16-17-18(19)20/h2-19H2,1H3,(H,21,22);6-7,9-10,12-13H,2-5,8,11,14-17H2,1H3,(H,19,20)/b;7-6-,10-9-,13-12-. The molecule has 0 spiro atoms. The van der Waals surface area contributed by atoms with E-state index in [0.29, 0.717) is 12.8 Å². The van der Waals surface area contributed by atoms with Crippen LogP contribution in [-0.4, -0.2) is 22.2 Å². The van der Waals surface area contributed by atoms with Gasteiger partial charge in [-0.2, -0.15) is 0 Å². The Labute approximate surface area is 261 Å². The fourth-order valence-electron chi connectivity index (χ4n) is 4.83. The van der Waals surface area contributed by atoms with Crippen LogP contribution in [0.25, 0.3) is 0 Å². The molecule has 0 saturated heterocycles. The van der Waals surface area contributed by atoms with Crippen LogP contribution in [0, 0.1) is 0 Å². The molecule has 0 aromatic rings. The summed E-state index contributed by atoms with van der Waals surface area (Å²) in [5.74, 6) is -1.35. The lowest BCUT2D eigenvalue weighted by atomic mass is 10.0. The lowest BCUT2D eigenvalue weighted by molar-refractivity contribution is -0.138. The molecule has 4 heteroatoms. The van der Waals surface area contributed by atoms with Gasteiger partial charge in [0, 0.05) is 12.8 Å². The van der Waals surface area contributed by atoms with Gasteiger partial charge in [0.1, 0.15) is 0 Å². The average Bonchev–Trinajstić information content (AvgIpc) is 2.97. The zero-order valence-electron chi connectivity index (χ0n) is 28.0. The second-order valence-corrected chi connectivity index (χ2v) is 11.8. The molecule has 0 aliphatic heterocycles. The summed E-state index contributed by atoms with van der Waals surface area (Å²) in [6.07, 6.45) is 46.5. The van der Waals surface area contributed by atoms with Gasteiger partial charge >= 0.3 is 11.9 Å². The van der Waals surface area contributed by atoms with E-state index < -0.39 is 11.9 Å². The van der Waals surface area contributed by atoms with Crippen molar-refractivity contribution in [1.82, 2.24) is 0 Å². The van der Waals surface area contributed by atoms with Crippen molar-refractivity contribution < 1.29 is 19.8 Å². The van der Waals surface area contributed by atoms with Gasteiger partial charge < -0.3 is 10.2 Å². The third-order valence-electron chi connectivity index (χ3n) is 7.52. The van der Waals surface area contributed by atoms with Crippen LogP contribution in [0.15, 0.2) is 36.5 Å². The van der Waals surface area contributed by atoms with Crippen LogP contribution >= 0.6 is 0 Å². The van der Waals surface area contributed by atoms with Gasteiger partial charge in [-0.1, -0.05) is 166 Å². The van der Waals surface area contributed by atoms with Crippen LogP contribution in [0.4, 0.5) is 0 Å². The van der Waals surface area contributed by atoms with E-state index in [-0.39, 0.29) is 0 Å². The van der Waals surface area contributed by atoms with Crippen LogP contribution in [0.3, 0.4) is 0 Å². The highest BCUT2D eigenvalue weighted by Crippen LogP contribution is 2.14. The minimum atomic E-state index is -0.695. The predicted molar refractivity (Wildman–Crippen MR) is 183 cm³/mol. The van der Waals surface area contributed by atoms with E-state index in [1.54, 1.807) is 0 Å². The molecule has 0 fully saturated rings. The lowest BCUT2D eigenvalue weighted by Gasteiger charge is -2.03. The third-order valence-corrected chi connectivity index (χ3v) is 7.52. The number of unbranched alkanes of at least 4 members (excludes halogenated alkanes) is 21. The smallest absolute Gasteiger partial charge is 0.303 e. The summed E-state index contributed by atoms with van der Waals surface area (Å²) < 4.78 is 0. The van der Waals surface area contributed by atoms with Crippen molar-refractivity contribution in [1.29, 1.82) is 0 Å². The molecule has 0 saturated carbocycles. The first-order chi connectivity index (χ1) is 20.5. The summed E-state index contributed by atoms with van der Waals surface area (Å²) in [5.41, 5.74) is 0. The van der Waals surface area contributed by atoms with Crippen molar-refractivity contribution in [2.75, 3.05) is 0 Å². The summed E-state index contributed by atoms with van der Waals surface area (Å²) in [6, 6.07) is 0. The van der Waals surface area contributed by atoms with E-state index in [1.807, 2.05) is 0 Å². The number of carbonyl (C=O) groups is 2. The summed E-state index contributed by atoms with van der Waals surface area (Å²) in [7, 11) is 0. The molecule has 0 rings (SSSR count). The molecule has 2 N–H and O–H groups in total. The van der Waals surface area contributed by atoms with Gasteiger partial charge in [0.15, 0.2) is 0 Å². The molecule has 0 aliphatic carbocycles. The van der Waals surface area contributed by atoms with Crippen molar-refractivity contribution in [2.45, 2.75) is 194 Å². The minimum Gasteiger partial charge on any atom is -0.481 e. The summed E-state index contributed by atoms with van der Waals surface area (Å²) >= 11 is 0. The van der Waals surface area contributed by atoms with Gasteiger partial charge in [-0.3, -0.25) is 9.59 Å². The first kappa shape index (κ1) is 42.3. The molecule has 0 aromatic carbocycles. The zero-order valence-corrected chi connectivity index (χ0v) is 28.0. The largest absolute Gasteiger partial charge is 0.481 e. The van der Waals surface area contributed by atoms with Crippen molar-refractivity contribution in [3.8, 4) is 0 Å². The van der Waals surface area contributed by atoms with Gasteiger partial charge in [-0.15, -0.1) is 0 Å². The SMILES string of the molecule is CCCCC/C=C\C/C=C\C/C=C\CCCCC(=O)O.CCCCCCCCCCCCCCCCCCCC(=O)O. The van der Waals surface area contributed by atoms with Gasteiger partial charge in [-0.05, 0) is 51.4 Å². The minimum absolute atomic E-state index is 0.290. The van der Waals surface area contributed by atoms with Crippen molar-refractivity contribution >= 4 is 11.9 Å². The predicted octanol–water partition coefficient (Wildman–Crippen LogP) is 12.8. The number of hydrogen-bond acceptors (Lipinski definition) is 2. The molecule has 4 nitrogen and oxygen atoms in total. The maximum Gasteiger partial charge on any atom is 0.303 e. The summed E-state index contributed by atoms with van der Waals surface area (Å²) in [4.78, 5) is 20.7. The second-order valence-electron chi connectivity index (χ2n) is 11.8. The fraction of sp³-hybridized carbons (Fsp3) is 0.789. The summed E-state index contributed by atoms with van der Waals surface area (Å²) in [5, 5.41) is 17.0. The monoisotopic (exact) mass is 591 g/mol. The summed E-state index contributed by atoms with van der Waals surface area (Å²) in [6.45, 7) is 4.51. The van der Waals surface area contributed by atoms with Crippen LogP contribution < -0.4 is 0 Å². The van der Waals surface area contributed by atoms with Gasteiger partial charge in [0.05, 0.1) is 0 Å². The molecular weight excluding hydrogens is 520 g/mol. The van der Waals surface area contributed by atoms with Crippen LogP contribution in [0.5, 0.6) is 0 Å². The number of allylic oxidation sites excluding steroid dienone is 6. The van der Waals surface area contributed by atoms with E-state index in [1.165, 1.54) is 122 Å². The Hall–Kier alpha value is -1.84. The van der Waals surface area contributed by atoms with E-state index in [0.717, 1.165) is 44.9 Å². The van der Waals surface area contributed by atoms with E-state index in [2.05, 4.69) is 50.3 Å². The van der Waals surface area contributed by atoms with Crippen molar-refractivity contribution in [3.05, 3.63) is 36.5 Å². The normalized spacial score (nSPS) is 11.5. The topological polar surface area (TPSA) is 74.6 Å². The highest BCUT2D eigenvalue weighted by atomic mass is 16.4. The molecule has 0 heterocycles. The molecule has 0 aliphatic rings. The molecule has 42 heavy (non-hydrogen) atoms. The van der Waals surface area contributed by atoms with E-state index >= 15 is 0 Å². The quantitative estimate of drug-likeness (QED) is 0.0622. The third kappa shape index (κ3) is 45.2. The second kappa shape index (κ2) is 39.2. The van der Waals surface area contributed by atoms with Crippen LogP contribution in [0.2, 0.25) is 0 Å². The Morgan fingerprint density at radius 1 is 0.381 bits per heavy atom. The highest BCUT2D eigenvalue weighted by molar-refractivity contribution is 5.66. The number of carboxylic acids is 2. The molecule has 0 unspecified atom stereocenters. The molecule has 246 valence electrons. The molecule has 0 radical (unpaired) electrons. The Bertz CT molecular complexity index is 635. The molecule has 0 atom stereocenters. The molecule has 0 aromatic heterocycles. The van der Waals surface area contributed by atoms with E-state index in [4.69, 9.17) is 10.2 Å².